The Balaban J connectivity index is 1.20. The van der Waals surface area contributed by atoms with E-state index in [4.69, 9.17) is 0 Å². The van der Waals surface area contributed by atoms with Crippen LogP contribution in [0.4, 0.5) is 0 Å². The third-order valence-electron chi connectivity index (χ3n) is 6.31. The Kier molecular flexibility index (Phi) is 7.80. The number of carbonyl (C=O) groups is 1. The minimum absolute atomic E-state index is 0.0359. The summed E-state index contributed by atoms with van der Waals surface area (Å²) >= 11 is 0. The van der Waals surface area contributed by atoms with Crippen LogP contribution >= 0.6 is 0 Å². The molecule has 0 bridgehead atoms. The standard InChI is InChI=1S/C25H34N4O3S/c1-20-8-11-23(33(31,32)27-22-9-10-22)18-24(20)25(30)26-12-5-13-28-14-16-29(17-15-28)19-21-6-3-2-4-7-21/h2-4,6-8,11,18,22,27H,5,9-10,12-17,19H2,1H3,(H,26,30). The van der Waals surface area contributed by atoms with Crippen LogP contribution in [0, 0.1) is 6.92 Å². The van der Waals surface area contributed by atoms with E-state index >= 15 is 0 Å². The Hall–Kier alpha value is -2.26. The van der Waals surface area contributed by atoms with Crippen LogP contribution in [0.25, 0.3) is 0 Å². The molecule has 1 amide bonds. The van der Waals surface area contributed by atoms with Crippen molar-refractivity contribution in [1.82, 2.24) is 19.8 Å². The van der Waals surface area contributed by atoms with Crippen LogP contribution in [0.1, 0.15) is 40.7 Å². The van der Waals surface area contributed by atoms with Gasteiger partial charge in [-0.05, 0) is 56.0 Å². The van der Waals surface area contributed by atoms with Crippen molar-refractivity contribution in [3.63, 3.8) is 0 Å². The lowest BCUT2D eigenvalue weighted by atomic mass is 10.1. The van der Waals surface area contributed by atoms with E-state index in [9.17, 15) is 13.2 Å². The van der Waals surface area contributed by atoms with E-state index in [0.717, 1.165) is 64.1 Å². The second-order valence-corrected chi connectivity index (χ2v) is 10.8. The van der Waals surface area contributed by atoms with E-state index in [1.54, 1.807) is 12.1 Å². The largest absolute Gasteiger partial charge is 0.352 e. The lowest BCUT2D eigenvalue weighted by Crippen LogP contribution is -2.46. The second kappa shape index (κ2) is 10.8. The van der Waals surface area contributed by atoms with Gasteiger partial charge < -0.3 is 10.2 Å². The van der Waals surface area contributed by atoms with Crippen LogP contribution in [0.15, 0.2) is 53.4 Å². The van der Waals surface area contributed by atoms with Crippen LogP contribution in [0.3, 0.4) is 0 Å². The predicted octanol–water partition coefficient (Wildman–Crippen LogP) is 2.37. The number of hydrogen-bond acceptors (Lipinski definition) is 5. The van der Waals surface area contributed by atoms with Crippen LogP contribution in [0.5, 0.6) is 0 Å². The van der Waals surface area contributed by atoms with Gasteiger partial charge in [0.05, 0.1) is 4.90 Å². The highest BCUT2D eigenvalue weighted by Gasteiger charge is 2.28. The van der Waals surface area contributed by atoms with Crippen molar-refractivity contribution in [3.05, 3.63) is 65.2 Å². The van der Waals surface area contributed by atoms with Crippen molar-refractivity contribution in [2.24, 2.45) is 0 Å². The summed E-state index contributed by atoms with van der Waals surface area (Å²) < 4.78 is 27.6. The van der Waals surface area contributed by atoms with E-state index in [1.165, 1.54) is 11.6 Å². The van der Waals surface area contributed by atoms with Crippen LogP contribution in [0.2, 0.25) is 0 Å². The summed E-state index contributed by atoms with van der Waals surface area (Å²) in [7, 11) is -3.57. The number of aryl methyl sites for hydroxylation is 1. The summed E-state index contributed by atoms with van der Waals surface area (Å²) in [5.74, 6) is -0.219. The molecule has 2 N–H and O–H groups in total. The number of sulfonamides is 1. The van der Waals surface area contributed by atoms with Crippen molar-refractivity contribution in [3.8, 4) is 0 Å². The van der Waals surface area contributed by atoms with Crippen LogP contribution < -0.4 is 10.0 Å². The second-order valence-electron chi connectivity index (χ2n) is 9.09. The SMILES string of the molecule is Cc1ccc(S(=O)(=O)NC2CC2)cc1C(=O)NCCCN1CCN(Cc2ccccc2)CC1. The number of carbonyl (C=O) groups excluding carboxylic acids is 1. The van der Waals surface area contributed by atoms with Crippen LogP contribution in [-0.4, -0.2) is 69.4 Å². The monoisotopic (exact) mass is 470 g/mol. The molecule has 33 heavy (non-hydrogen) atoms. The van der Waals surface area contributed by atoms with Gasteiger partial charge in [-0.15, -0.1) is 0 Å². The van der Waals surface area contributed by atoms with E-state index in [2.05, 4.69) is 44.1 Å². The molecule has 8 heteroatoms. The summed E-state index contributed by atoms with van der Waals surface area (Å²) in [4.78, 5) is 17.8. The van der Waals surface area contributed by atoms with Gasteiger partial charge in [0.2, 0.25) is 10.0 Å². The molecule has 0 radical (unpaired) electrons. The summed E-state index contributed by atoms with van der Waals surface area (Å²) in [6.45, 7) is 8.51. The quantitative estimate of drug-likeness (QED) is 0.521. The molecule has 1 heterocycles. The minimum atomic E-state index is -3.57. The van der Waals surface area contributed by atoms with Gasteiger partial charge in [0.15, 0.2) is 0 Å². The third-order valence-corrected chi connectivity index (χ3v) is 7.83. The summed E-state index contributed by atoms with van der Waals surface area (Å²) in [6.07, 6.45) is 2.62. The molecule has 1 saturated carbocycles. The maximum absolute atomic E-state index is 12.7. The fourth-order valence-electron chi connectivity index (χ4n) is 4.11. The number of benzene rings is 2. The Morgan fingerprint density at radius 2 is 1.70 bits per heavy atom. The summed E-state index contributed by atoms with van der Waals surface area (Å²) in [6, 6.07) is 15.3. The Morgan fingerprint density at radius 1 is 1.00 bits per heavy atom. The molecular formula is C25H34N4O3S. The van der Waals surface area contributed by atoms with E-state index in [1.807, 2.05) is 13.0 Å². The maximum atomic E-state index is 12.7. The van der Waals surface area contributed by atoms with Gasteiger partial charge in [0.25, 0.3) is 5.91 Å². The molecule has 1 aliphatic heterocycles. The number of piperazine rings is 1. The molecular weight excluding hydrogens is 436 g/mol. The average molecular weight is 471 g/mol. The number of nitrogens with zero attached hydrogens (tertiary/aromatic N) is 2. The van der Waals surface area contributed by atoms with Crippen molar-refractivity contribution in [2.45, 2.75) is 43.7 Å². The van der Waals surface area contributed by atoms with Crippen LogP contribution in [-0.2, 0) is 16.6 Å². The molecule has 0 spiro atoms. The molecule has 2 aromatic rings. The van der Waals surface area contributed by atoms with E-state index < -0.39 is 10.0 Å². The molecule has 2 fully saturated rings. The van der Waals surface area contributed by atoms with Crippen molar-refractivity contribution in [2.75, 3.05) is 39.3 Å². The number of nitrogens with one attached hydrogen (secondary N) is 2. The lowest BCUT2D eigenvalue weighted by molar-refractivity contribution is 0.0946. The zero-order chi connectivity index (χ0) is 23.3. The fraction of sp³-hybridized carbons (Fsp3) is 0.480. The van der Waals surface area contributed by atoms with Crippen molar-refractivity contribution >= 4 is 15.9 Å². The number of hydrogen-bond donors (Lipinski definition) is 2. The summed E-state index contributed by atoms with van der Waals surface area (Å²) in [5, 5.41) is 2.96. The zero-order valence-electron chi connectivity index (χ0n) is 19.3. The molecule has 1 aliphatic carbocycles. The number of amides is 1. The van der Waals surface area contributed by atoms with Gasteiger partial charge in [-0.1, -0.05) is 36.4 Å². The third kappa shape index (κ3) is 6.86. The average Bonchev–Trinajstić information content (AvgIpc) is 3.62. The first kappa shape index (κ1) is 23.9. The summed E-state index contributed by atoms with van der Waals surface area (Å²) in [5.41, 5.74) is 2.54. The molecule has 2 aliphatic rings. The molecule has 0 unspecified atom stereocenters. The molecule has 2 aromatic carbocycles. The molecule has 0 aromatic heterocycles. The normalized spacial score (nSPS) is 17.7. The van der Waals surface area contributed by atoms with Gasteiger partial charge in [0.1, 0.15) is 0 Å². The fourth-order valence-corrected chi connectivity index (χ4v) is 5.44. The molecule has 1 saturated heterocycles. The van der Waals surface area contributed by atoms with Gasteiger partial charge >= 0.3 is 0 Å². The molecule has 0 atom stereocenters. The Morgan fingerprint density at radius 3 is 2.39 bits per heavy atom. The van der Waals surface area contributed by atoms with Gasteiger partial charge in [-0.2, -0.15) is 0 Å². The lowest BCUT2D eigenvalue weighted by Gasteiger charge is -2.34. The first-order valence-electron chi connectivity index (χ1n) is 11.8. The van der Waals surface area contributed by atoms with E-state index in [0.29, 0.717) is 12.1 Å². The highest BCUT2D eigenvalue weighted by atomic mass is 32.2. The molecule has 4 rings (SSSR count). The van der Waals surface area contributed by atoms with Gasteiger partial charge in [-0.3, -0.25) is 9.69 Å². The van der Waals surface area contributed by atoms with Gasteiger partial charge in [-0.25, -0.2) is 13.1 Å². The van der Waals surface area contributed by atoms with E-state index in [-0.39, 0.29) is 16.8 Å². The predicted molar refractivity (Wildman–Crippen MR) is 130 cm³/mol. The smallest absolute Gasteiger partial charge is 0.251 e. The molecule has 178 valence electrons. The minimum Gasteiger partial charge on any atom is -0.352 e. The Labute approximate surface area is 197 Å². The highest BCUT2D eigenvalue weighted by Crippen LogP contribution is 2.23. The van der Waals surface area contributed by atoms with Crippen molar-refractivity contribution in [1.29, 1.82) is 0 Å². The number of rotatable bonds is 10. The first-order valence-corrected chi connectivity index (χ1v) is 13.3. The van der Waals surface area contributed by atoms with Gasteiger partial charge in [0, 0.05) is 50.9 Å². The maximum Gasteiger partial charge on any atom is 0.251 e. The zero-order valence-corrected chi connectivity index (χ0v) is 20.1. The topological polar surface area (TPSA) is 81.7 Å². The Bertz CT molecular complexity index is 1050. The van der Waals surface area contributed by atoms with Crippen molar-refractivity contribution < 1.29 is 13.2 Å². The highest BCUT2D eigenvalue weighted by molar-refractivity contribution is 7.89. The first-order chi connectivity index (χ1) is 15.9. The molecule has 7 nitrogen and oxygen atoms in total.